The number of benzene rings is 2. The van der Waals surface area contributed by atoms with E-state index in [0.717, 1.165) is 5.56 Å². The Bertz CT molecular complexity index is 565. The summed E-state index contributed by atoms with van der Waals surface area (Å²) in [6, 6.07) is 13.1. The molecule has 0 atom stereocenters. The summed E-state index contributed by atoms with van der Waals surface area (Å²) in [4.78, 5) is 0. The van der Waals surface area contributed by atoms with Crippen LogP contribution in [0.1, 0.15) is 11.1 Å². The summed E-state index contributed by atoms with van der Waals surface area (Å²) < 4.78 is 13.0. The van der Waals surface area contributed by atoms with Gasteiger partial charge in [0, 0.05) is 10.4 Å². The van der Waals surface area contributed by atoms with E-state index in [2.05, 4.69) is 0 Å². The number of rotatable bonds is 5. The van der Waals surface area contributed by atoms with Crippen molar-refractivity contribution < 1.29 is 14.6 Å². The fourth-order valence-electron chi connectivity index (χ4n) is 2.31. The molecule has 0 saturated heterocycles. The van der Waals surface area contributed by atoms with Crippen LogP contribution < -0.4 is 0 Å². The van der Waals surface area contributed by atoms with Crippen LogP contribution in [0.2, 0.25) is 5.02 Å². The van der Waals surface area contributed by atoms with Gasteiger partial charge in [-0.05, 0) is 35.7 Å². The molecular formula is C16H16ClFO2. The maximum absolute atomic E-state index is 13.0. The molecule has 0 spiro atoms. The summed E-state index contributed by atoms with van der Waals surface area (Å²) in [5, 5.41) is 20.1. The third-order valence-electron chi connectivity index (χ3n) is 3.51. The number of aliphatic hydroxyl groups is 2. The van der Waals surface area contributed by atoms with Crippen molar-refractivity contribution in [1.82, 2.24) is 0 Å². The molecule has 0 radical (unpaired) electrons. The van der Waals surface area contributed by atoms with Crippen molar-refractivity contribution in [3.63, 3.8) is 0 Å². The molecular weight excluding hydrogens is 279 g/mol. The van der Waals surface area contributed by atoms with E-state index in [1.807, 2.05) is 6.07 Å². The molecule has 4 heteroatoms. The van der Waals surface area contributed by atoms with Crippen LogP contribution in [-0.2, 0) is 11.8 Å². The van der Waals surface area contributed by atoms with E-state index in [9.17, 15) is 14.6 Å². The minimum atomic E-state index is -0.879. The number of hydrogen-bond acceptors (Lipinski definition) is 2. The Balaban J connectivity index is 2.39. The van der Waals surface area contributed by atoms with Gasteiger partial charge < -0.3 is 10.2 Å². The van der Waals surface area contributed by atoms with E-state index >= 15 is 0 Å². The van der Waals surface area contributed by atoms with Gasteiger partial charge >= 0.3 is 0 Å². The van der Waals surface area contributed by atoms with Gasteiger partial charge in [0.2, 0.25) is 0 Å². The van der Waals surface area contributed by atoms with E-state index < -0.39 is 5.41 Å². The third-order valence-corrected chi connectivity index (χ3v) is 3.84. The molecule has 2 aromatic rings. The standard InChI is InChI=1S/C16H16ClFO2/c17-15-4-2-1-3-14(15)16(10-19,11-20)9-12-5-7-13(18)8-6-12/h1-8,19-20H,9-11H2. The lowest BCUT2D eigenvalue weighted by atomic mass is 9.77. The summed E-state index contributed by atoms with van der Waals surface area (Å²) in [7, 11) is 0. The molecule has 2 N–H and O–H groups in total. The predicted molar refractivity (Wildman–Crippen MR) is 77.4 cm³/mol. The van der Waals surface area contributed by atoms with Crippen LogP contribution in [0.25, 0.3) is 0 Å². The first kappa shape index (κ1) is 15.0. The van der Waals surface area contributed by atoms with Gasteiger partial charge in [0.1, 0.15) is 5.82 Å². The van der Waals surface area contributed by atoms with Crippen molar-refractivity contribution in [2.45, 2.75) is 11.8 Å². The van der Waals surface area contributed by atoms with Crippen LogP contribution >= 0.6 is 11.6 Å². The van der Waals surface area contributed by atoms with Gasteiger partial charge in [-0.1, -0.05) is 41.9 Å². The van der Waals surface area contributed by atoms with Crippen LogP contribution in [-0.4, -0.2) is 23.4 Å². The van der Waals surface area contributed by atoms with Gasteiger partial charge in [0.05, 0.1) is 13.2 Å². The second-order valence-corrected chi connectivity index (χ2v) is 5.29. The van der Waals surface area contributed by atoms with Crippen LogP contribution in [0.4, 0.5) is 4.39 Å². The Morgan fingerprint density at radius 3 is 2.10 bits per heavy atom. The zero-order valence-electron chi connectivity index (χ0n) is 10.9. The highest BCUT2D eigenvalue weighted by Crippen LogP contribution is 2.33. The van der Waals surface area contributed by atoms with E-state index in [1.54, 1.807) is 30.3 Å². The Morgan fingerprint density at radius 1 is 0.950 bits per heavy atom. The van der Waals surface area contributed by atoms with Crippen LogP contribution in [0.15, 0.2) is 48.5 Å². The third kappa shape index (κ3) is 3.01. The molecule has 2 rings (SSSR count). The maximum atomic E-state index is 13.0. The van der Waals surface area contributed by atoms with Crippen molar-refractivity contribution in [3.8, 4) is 0 Å². The Kier molecular flexibility index (Phi) is 4.76. The van der Waals surface area contributed by atoms with Crippen LogP contribution in [0.5, 0.6) is 0 Å². The van der Waals surface area contributed by atoms with Gasteiger partial charge in [0.25, 0.3) is 0 Å². The quantitative estimate of drug-likeness (QED) is 0.890. The highest BCUT2D eigenvalue weighted by atomic mass is 35.5. The molecule has 0 saturated carbocycles. The molecule has 0 aliphatic heterocycles. The molecule has 20 heavy (non-hydrogen) atoms. The molecule has 0 fully saturated rings. The van der Waals surface area contributed by atoms with Crippen molar-refractivity contribution in [1.29, 1.82) is 0 Å². The molecule has 0 aromatic heterocycles. The molecule has 0 unspecified atom stereocenters. The molecule has 0 bridgehead atoms. The molecule has 2 nitrogen and oxygen atoms in total. The summed E-state index contributed by atoms with van der Waals surface area (Å²) in [5.41, 5.74) is 0.640. The number of aliphatic hydroxyl groups excluding tert-OH is 2. The van der Waals surface area contributed by atoms with Crippen molar-refractivity contribution in [3.05, 3.63) is 70.5 Å². The van der Waals surface area contributed by atoms with E-state index in [4.69, 9.17) is 11.6 Å². The topological polar surface area (TPSA) is 40.5 Å². The average Bonchev–Trinajstić information content (AvgIpc) is 2.48. The molecule has 0 aliphatic carbocycles. The molecule has 0 amide bonds. The molecule has 0 heterocycles. The van der Waals surface area contributed by atoms with Crippen LogP contribution in [0.3, 0.4) is 0 Å². The van der Waals surface area contributed by atoms with Gasteiger partial charge in [-0.3, -0.25) is 0 Å². The summed E-state index contributed by atoms with van der Waals surface area (Å²) in [6.45, 7) is -0.491. The average molecular weight is 295 g/mol. The highest BCUT2D eigenvalue weighted by molar-refractivity contribution is 6.31. The van der Waals surface area contributed by atoms with Gasteiger partial charge in [-0.25, -0.2) is 4.39 Å². The lowest BCUT2D eigenvalue weighted by Gasteiger charge is -2.31. The zero-order valence-corrected chi connectivity index (χ0v) is 11.6. The minimum Gasteiger partial charge on any atom is -0.395 e. The zero-order chi connectivity index (χ0) is 14.6. The first-order valence-corrected chi connectivity index (χ1v) is 6.70. The van der Waals surface area contributed by atoms with E-state index in [0.29, 0.717) is 17.0 Å². The van der Waals surface area contributed by atoms with Crippen molar-refractivity contribution >= 4 is 11.6 Å². The maximum Gasteiger partial charge on any atom is 0.123 e. The van der Waals surface area contributed by atoms with Crippen molar-refractivity contribution in [2.75, 3.05) is 13.2 Å². The van der Waals surface area contributed by atoms with E-state index in [-0.39, 0.29) is 19.0 Å². The lowest BCUT2D eigenvalue weighted by Crippen LogP contribution is -2.37. The fourth-order valence-corrected chi connectivity index (χ4v) is 2.65. The monoisotopic (exact) mass is 294 g/mol. The second-order valence-electron chi connectivity index (χ2n) is 4.88. The van der Waals surface area contributed by atoms with Crippen molar-refractivity contribution in [2.24, 2.45) is 0 Å². The van der Waals surface area contributed by atoms with Crippen LogP contribution in [0, 0.1) is 5.82 Å². The Labute approximate surface area is 122 Å². The lowest BCUT2D eigenvalue weighted by molar-refractivity contribution is 0.116. The second kappa shape index (κ2) is 6.35. The Morgan fingerprint density at radius 2 is 1.55 bits per heavy atom. The predicted octanol–water partition coefficient (Wildman–Crippen LogP) is 2.94. The van der Waals surface area contributed by atoms with Gasteiger partial charge in [-0.2, -0.15) is 0 Å². The SMILES string of the molecule is OCC(CO)(Cc1ccc(F)cc1)c1ccccc1Cl. The molecule has 106 valence electrons. The molecule has 2 aromatic carbocycles. The minimum absolute atomic E-state index is 0.245. The largest absolute Gasteiger partial charge is 0.395 e. The van der Waals surface area contributed by atoms with E-state index in [1.165, 1.54) is 12.1 Å². The number of hydrogen-bond donors (Lipinski definition) is 2. The smallest absolute Gasteiger partial charge is 0.123 e. The normalized spacial score (nSPS) is 11.6. The highest BCUT2D eigenvalue weighted by Gasteiger charge is 2.33. The fraction of sp³-hybridized carbons (Fsp3) is 0.250. The summed E-state index contributed by atoms with van der Waals surface area (Å²) in [5.74, 6) is -0.315. The summed E-state index contributed by atoms with van der Waals surface area (Å²) in [6.07, 6.45) is 0.379. The first-order valence-electron chi connectivity index (χ1n) is 6.32. The van der Waals surface area contributed by atoms with Gasteiger partial charge in [-0.15, -0.1) is 0 Å². The molecule has 0 aliphatic rings. The Hall–Kier alpha value is -1.42. The summed E-state index contributed by atoms with van der Waals surface area (Å²) >= 11 is 6.18. The first-order chi connectivity index (χ1) is 9.61. The van der Waals surface area contributed by atoms with Gasteiger partial charge in [0.15, 0.2) is 0 Å². The number of halogens is 2.